The molecular weight excluding hydrogens is 541 g/mol. The zero-order chi connectivity index (χ0) is 29.1. The van der Waals surface area contributed by atoms with Gasteiger partial charge in [0.05, 0.1) is 18.6 Å². The first-order valence-corrected chi connectivity index (χ1v) is 13.8. The largest absolute Gasteiger partial charge is 0.497 e. The highest BCUT2D eigenvalue weighted by atomic mass is 32.2. The zero-order valence-corrected chi connectivity index (χ0v) is 23.2. The number of carbonyl (C=O) groups excluding carboxylic acids is 2. The fourth-order valence-electron chi connectivity index (χ4n) is 3.61. The average molecular weight is 574 g/mol. The number of amides is 2. The minimum atomic E-state index is -3.92. The first-order valence-electron chi connectivity index (χ1n) is 12.3. The van der Waals surface area contributed by atoms with E-state index in [0.29, 0.717) is 18.9 Å². The van der Waals surface area contributed by atoms with Crippen LogP contribution in [0.15, 0.2) is 77.7 Å². The number of nitrogens with zero attached hydrogens (tertiary/aromatic N) is 1. The Hall–Kier alpha value is -4.16. The smallest absolute Gasteiger partial charge is 0.261 e. The van der Waals surface area contributed by atoms with Crippen LogP contribution in [0, 0.1) is 5.82 Å². The summed E-state index contributed by atoms with van der Waals surface area (Å²) in [4.78, 5) is 27.3. The van der Waals surface area contributed by atoms with Crippen LogP contribution in [-0.4, -0.2) is 65.2 Å². The Labute approximate surface area is 233 Å². The Morgan fingerprint density at radius 2 is 1.55 bits per heavy atom. The van der Waals surface area contributed by atoms with Crippen LogP contribution in [0.3, 0.4) is 0 Å². The lowest BCUT2D eigenvalue weighted by Crippen LogP contribution is -2.49. The summed E-state index contributed by atoms with van der Waals surface area (Å²) in [7, 11) is -0.845. The quantitative estimate of drug-likeness (QED) is 0.284. The molecule has 2 N–H and O–H groups in total. The first-order chi connectivity index (χ1) is 19.1. The third-order valence-corrected chi connectivity index (χ3v) is 7.27. The van der Waals surface area contributed by atoms with Crippen molar-refractivity contribution in [1.82, 2.24) is 10.2 Å². The van der Waals surface area contributed by atoms with Crippen LogP contribution < -0.4 is 19.5 Å². The van der Waals surface area contributed by atoms with Gasteiger partial charge in [-0.05, 0) is 73.2 Å². The Balaban J connectivity index is 1.67. The molecule has 3 aromatic rings. The second kappa shape index (κ2) is 14.3. The van der Waals surface area contributed by atoms with E-state index in [-0.39, 0.29) is 35.4 Å². The Kier molecular flexibility index (Phi) is 10.9. The van der Waals surface area contributed by atoms with Gasteiger partial charge >= 0.3 is 0 Å². The van der Waals surface area contributed by atoms with E-state index in [4.69, 9.17) is 14.2 Å². The summed E-state index contributed by atoms with van der Waals surface area (Å²) in [6.45, 7) is 2.02. The summed E-state index contributed by atoms with van der Waals surface area (Å²) in [6.07, 6.45) is 0. The minimum Gasteiger partial charge on any atom is -0.497 e. The standard InChI is InChI=1S/C28H32FN3O7S/c1-20(28(34)30-16-17-37-2)32(18-21-4-10-24(38-3)11-5-21)27(33)19-39-25-12-14-26(15-13-25)40(35,36)31-23-8-6-22(29)7-9-23/h4-15,20,31H,16-19H2,1-3H3,(H,30,34)/t20-/m0/s1. The van der Waals surface area contributed by atoms with Crippen LogP contribution in [-0.2, 0) is 30.9 Å². The molecule has 0 saturated carbocycles. The molecule has 0 aliphatic heterocycles. The maximum atomic E-state index is 13.2. The van der Waals surface area contributed by atoms with Crippen molar-refractivity contribution in [2.24, 2.45) is 0 Å². The van der Waals surface area contributed by atoms with Gasteiger partial charge in [0.2, 0.25) is 5.91 Å². The summed E-state index contributed by atoms with van der Waals surface area (Å²) >= 11 is 0. The SMILES string of the molecule is COCCNC(=O)[C@H](C)N(Cc1ccc(OC)cc1)C(=O)COc1ccc(S(=O)(=O)Nc2ccc(F)cc2)cc1. The number of benzene rings is 3. The Morgan fingerprint density at radius 1 is 0.925 bits per heavy atom. The number of carbonyl (C=O) groups is 2. The monoisotopic (exact) mass is 573 g/mol. The number of sulfonamides is 1. The molecule has 40 heavy (non-hydrogen) atoms. The van der Waals surface area contributed by atoms with E-state index < -0.39 is 27.8 Å². The number of ether oxygens (including phenoxy) is 3. The zero-order valence-electron chi connectivity index (χ0n) is 22.4. The molecule has 0 unspecified atom stereocenters. The van der Waals surface area contributed by atoms with E-state index in [1.807, 2.05) is 0 Å². The maximum Gasteiger partial charge on any atom is 0.261 e. The van der Waals surface area contributed by atoms with Crippen molar-refractivity contribution in [3.8, 4) is 11.5 Å². The van der Waals surface area contributed by atoms with Crippen LogP contribution in [0.1, 0.15) is 12.5 Å². The molecule has 0 heterocycles. The molecule has 2 amide bonds. The number of nitrogens with one attached hydrogen (secondary N) is 2. The Bertz CT molecular complexity index is 1370. The van der Waals surface area contributed by atoms with E-state index in [2.05, 4.69) is 10.0 Å². The number of methoxy groups -OCH3 is 2. The lowest BCUT2D eigenvalue weighted by Gasteiger charge is -2.28. The number of rotatable bonds is 14. The van der Waals surface area contributed by atoms with Gasteiger partial charge in [-0.25, -0.2) is 12.8 Å². The van der Waals surface area contributed by atoms with Crippen LogP contribution in [0.4, 0.5) is 10.1 Å². The van der Waals surface area contributed by atoms with Crippen LogP contribution in [0.2, 0.25) is 0 Å². The van der Waals surface area contributed by atoms with Gasteiger partial charge in [-0.2, -0.15) is 0 Å². The van der Waals surface area contributed by atoms with Crippen molar-refractivity contribution in [1.29, 1.82) is 0 Å². The number of anilines is 1. The summed E-state index contributed by atoms with van der Waals surface area (Å²) in [6, 6.07) is 16.7. The molecule has 0 bridgehead atoms. The predicted octanol–water partition coefficient (Wildman–Crippen LogP) is 3.19. The van der Waals surface area contributed by atoms with Gasteiger partial charge in [-0.15, -0.1) is 0 Å². The van der Waals surface area contributed by atoms with Gasteiger partial charge < -0.3 is 24.4 Å². The summed E-state index contributed by atoms with van der Waals surface area (Å²) in [5.74, 6) is -0.353. The molecule has 0 fully saturated rings. The normalized spacial score (nSPS) is 11.8. The highest BCUT2D eigenvalue weighted by Gasteiger charge is 2.26. The van der Waals surface area contributed by atoms with Crippen molar-refractivity contribution < 1.29 is 36.6 Å². The van der Waals surface area contributed by atoms with Gasteiger partial charge in [0.1, 0.15) is 23.4 Å². The molecular formula is C28H32FN3O7S. The molecule has 0 aliphatic rings. The average Bonchev–Trinajstić information content (AvgIpc) is 2.96. The van der Waals surface area contributed by atoms with Gasteiger partial charge in [-0.3, -0.25) is 14.3 Å². The predicted molar refractivity (Wildman–Crippen MR) is 147 cm³/mol. The topological polar surface area (TPSA) is 123 Å². The molecule has 0 aromatic heterocycles. The van der Waals surface area contributed by atoms with E-state index in [1.165, 1.54) is 48.4 Å². The van der Waals surface area contributed by atoms with E-state index in [0.717, 1.165) is 17.7 Å². The molecule has 0 spiro atoms. The van der Waals surface area contributed by atoms with Gasteiger partial charge in [-0.1, -0.05) is 12.1 Å². The van der Waals surface area contributed by atoms with Crippen molar-refractivity contribution in [2.75, 3.05) is 38.7 Å². The molecule has 0 radical (unpaired) electrons. The lowest BCUT2D eigenvalue weighted by atomic mass is 10.1. The van der Waals surface area contributed by atoms with Crippen LogP contribution in [0.5, 0.6) is 11.5 Å². The second-order valence-corrected chi connectivity index (χ2v) is 10.4. The van der Waals surface area contributed by atoms with Crippen LogP contribution in [0.25, 0.3) is 0 Å². The first kappa shape index (κ1) is 30.4. The fourth-order valence-corrected chi connectivity index (χ4v) is 4.67. The summed E-state index contributed by atoms with van der Waals surface area (Å²) in [5, 5.41) is 2.74. The fraction of sp³-hybridized carbons (Fsp3) is 0.286. The van der Waals surface area contributed by atoms with Crippen LogP contribution >= 0.6 is 0 Å². The van der Waals surface area contributed by atoms with E-state index in [9.17, 15) is 22.4 Å². The molecule has 3 rings (SSSR count). The highest BCUT2D eigenvalue weighted by Crippen LogP contribution is 2.20. The number of halogens is 1. The van der Waals surface area contributed by atoms with Gasteiger partial charge in [0.25, 0.3) is 15.9 Å². The van der Waals surface area contributed by atoms with Crippen molar-refractivity contribution >= 4 is 27.5 Å². The molecule has 3 aromatic carbocycles. The molecule has 0 saturated heterocycles. The highest BCUT2D eigenvalue weighted by molar-refractivity contribution is 7.92. The maximum absolute atomic E-state index is 13.2. The Morgan fingerprint density at radius 3 is 2.15 bits per heavy atom. The van der Waals surface area contributed by atoms with Crippen molar-refractivity contribution in [3.63, 3.8) is 0 Å². The van der Waals surface area contributed by atoms with Gasteiger partial charge in [0.15, 0.2) is 6.61 Å². The number of hydrogen-bond acceptors (Lipinski definition) is 7. The molecule has 214 valence electrons. The lowest BCUT2D eigenvalue weighted by molar-refractivity contribution is -0.142. The molecule has 10 nitrogen and oxygen atoms in total. The van der Waals surface area contributed by atoms with E-state index >= 15 is 0 Å². The number of hydrogen-bond donors (Lipinski definition) is 2. The summed E-state index contributed by atoms with van der Waals surface area (Å²) < 4.78 is 56.5. The third-order valence-electron chi connectivity index (χ3n) is 5.88. The molecule has 1 atom stereocenters. The second-order valence-electron chi connectivity index (χ2n) is 8.70. The minimum absolute atomic E-state index is 0.0435. The van der Waals surface area contributed by atoms with Gasteiger partial charge in [0, 0.05) is 25.9 Å². The third kappa shape index (κ3) is 8.68. The van der Waals surface area contributed by atoms with Crippen molar-refractivity contribution in [2.45, 2.75) is 24.4 Å². The van der Waals surface area contributed by atoms with E-state index in [1.54, 1.807) is 38.3 Å². The van der Waals surface area contributed by atoms with Crippen molar-refractivity contribution in [3.05, 3.63) is 84.2 Å². The summed E-state index contributed by atoms with van der Waals surface area (Å²) in [5.41, 5.74) is 0.999. The molecule has 12 heteroatoms. The molecule has 0 aliphatic carbocycles.